The van der Waals surface area contributed by atoms with Gasteiger partial charge in [-0.05, 0) is 39.5 Å². The lowest BCUT2D eigenvalue weighted by molar-refractivity contribution is -0.0548. The van der Waals surface area contributed by atoms with E-state index in [1.165, 1.54) is 19.4 Å². The molecule has 1 heteroatoms. The van der Waals surface area contributed by atoms with Crippen LogP contribution in [-0.2, 0) is 0 Å². The van der Waals surface area contributed by atoms with Gasteiger partial charge in [0.2, 0.25) is 0 Å². The van der Waals surface area contributed by atoms with Crippen LogP contribution in [0.25, 0.3) is 0 Å². The third kappa shape index (κ3) is 1.44. The summed E-state index contributed by atoms with van der Waals surface area (Å²) in [6, 6.07) is 0.688. The van der Waals surface area contributed by atoms with Crippen LogP contribution in [0.3, 0.4) is 0 Å². The normalized spacial score (nSPS) is 37.6. The zero-order valence-electron chi connectivity index (χ0n) is 9.53. The fraction of sp³-hybridized carbons (Fsp3) is 0.692. The summed E-state index contributed by atoms with van der Waals surface area (Å²) < 4.78 is 0. The van der Waals surface area contributed by atoms with E-state index in [0.717, 1.165) is 5.92 Å². The molecule has 0 N–H and O–H groups in total. The maximum Gasteiger partial charge on any atom is 0.0261 e. The van der Waals surface area contributed by atoms with Crippen LogP contribution in [-0.4, -0.2) is 23.0 Å². The fourth-order valence-corrected chi connectivity index (χ4v) is 2.88. The molecule has 0 aromatic rings. The number of allylic oxidation sites excluding steroid dienone is 3. The highest BCUT2D eigenvalue weighted by Crippen LogP contribution is 2.41. The first-order valence-corrected chi connectivity index (χ1v) is 5.74. The summed E-state index contributed by atoms with van der Waals surface area (Å²) in [6.45, 7) is 8.31. The highest BCUT2D eigenvalue weighted by Gasteiger charge is 2.46. The Labute approximate surface area is 87.5 Å². The van der Waals surface area contributed by atoms with Gasteiger partial charge in [0.15, 0.2) is 0 Å². The molecule has 2 unspecified atom stereocenters. The number of hydrogen-bond donors (Lipinski definition) is 0. The van der Waals surface area contributed by atoms with Crippen molar-refractivity contribution in [2.24, 2.45) is 5.92 Å². The molecule has 2 aliphatic rings. The van der Waals surface area contributed by atoms with Gasteiger partial charge in [-0.2, -0.15) is 0 Å². The van der Waals surface area contributed by atoms with E-state index < -0.39 is 0 Å². The molecule has 2 atom stereocenters. The van der Waals surface area contributed by atoms with Crippen LogP contribution in [0.5, 0.6) is 0 Å². The van der Waals surface area contributed by atoms with E-state index in [9.17, 15) is 0 Å². The maximum absolute atomic E-state index is 2.64. The molecule has 1 aliphatic heterocycles. The SMILES string of the molecule is CC(C)N1CCC1(C)C1C=CC=CC1. The Hall–Kier alpha value is -0.560. The van der Waals surface area contributed by atoms with Gasteiger partial charge in [0.25, 0.3) is 0 Å². The number of likely N-dealkylation sites (tertiary alicyclic amines) is 1. The molecular weight excluding hydrogens is 170 g/mol. The van der Waals surface area contributed by atoms with Crippen LogP contribution in [0.4, 0.5) is 0 Å². The molecule has 0 saturated carbocycles. The molecule has 1 nitrogen and oxygen atoms in total. The van der Waals surface area contributed by atoms with E-state index in [0.29, 0.717) is 11.6 Å². The second-order valence-electron chi connectivity index (χ2n) is 5.05. The van der Waals surface area contributed by atoms with E-state index in [1.54, 1.807) is 0 Å². The molecule has 1 heterocycles. The summed E-state index contributed by atoms with van der Waals surface area (Å²) in [5, 5.41) is 0. The smallest absolute Gasteiger partial charge is 0.0261 e. The first kappa shape index (κ1) is 9.97. The van der Waals surface area contributed by atoms with E-state index in [2.05, 4.69) is 50.0 Å². The molecule has 1 saturated heterocycles. The molecule has 0 aromatic carbocycles. The Bertz CT molecular complexity index is 264. The highest BCUT2D eigenvalue weighted by atomic mass is 15.3. The van der Waals surface area contributed by atoms with Gasteiger partial charge in [-0.3, -0.25) is 4.90 Å². The lowest BCUT2D eigenvalue weighted by Crippen LogP contribution is -2.63. The lowest BCUT2D eigenvalue weighted by atomic mass is 9.72. The van der Waals surface area contributed by atoms with Crippen molar-refractivity contribution >= 4 is 0 Å². The average Bonchev–Trinajstić information content (AvgIpc) is 2.15. The van der Waals surface area contributed by atoms with Crippen molar-refractivity contribution in [3.05, 3.63) is 24.3 Å². The third-order valence-corrected chi connectivity index (χ3v) is 3.92. The minimum Gasteiger partial charge on any atom is -0.295 e. The number of hydrogen-bond acceptors (Lipinski definition) is 1. The Balaban J connectivity index is 2.09. The molecule has 78 valence electrons. The second kappa shape index (κ2) is 3.54. The van der Waals surface area contributed by atoms with Gasteiger partial charge in [-0.25, -0.2) is 0 Å². The monoisotopic (exact) mass is 191 g/mol. The largest absolute Gasteiger partial charge is 0.295 e. The molecule has 1 fully saturated rings. The van der Waals surface area contributed by atoms with Gasteiger partial charge in [0.05, 0.1) is 0 Å². The Morgan fingerprint density at radius 2 is 2.14 bits per heavy atom. The number of nitrogens with zero attached hydrogens (tertiary/aromatic N) is 1. The van der Waals surface area contributed by atoms with E-state index >= 15 is 0 Å². The van der Waals surface area contributed by atoms with Crippen LogP contribution in [0.1, 0.15) is 33.6 Å². The highest BCUT2D eigenvalue weighted by molar-refractivity contribution is 5.18. The summed E-state index contributed by atoms with van der Waals surface area (Å²) in [5.74, 6) is 0.726. The third-order valence-electron chi connectivity index (χ3n) is 3.92. The molecule has 1 aliphatic carbocycles. The second-order valence-corrected chi connectivity index (χ2v) is 5.05. The minimum atomic E-state index is 0.426. The fourth-order valence-electron chi connectivity index (χ4n) is 2.88. The van der Waals surface area contributed by atoms with Crippen molar-refractivity contribution in [3.63, 3.8) is 0 Å². The molecule has 0 aromatic heterocycles. The first-order chi connectivity index (χ1) is 6.64. The molecule has 0 bridgehead atoms. The summed E-state index contributed by atoms with van der Waals surface area (Å²) in [5.41, 5.74) is 0.426. The summed E-state index contributed by atoms with van der Waals surface area (Å²) in [6.07, 6.45) is 11.6. The van der Waals surface area contributed by atoms with Crippen molar-refractivity contribution in [3.8, 4) is 0 Å². The van der Waals surface area contributed by atoms with Gasteiger partial charge in [0, 0.05) is 18.1 Å². The van der Waals surface area contributed by atoms with E-state index in [1.807, 2.05) is 0 Å². The molecule has 0 radical (unpaired) electrons. The van der Waals surface area contributed by atoms with Gasteiger partial charge in [-0.15, -0.1) is 0 Å². The Kier molecular flexibility index (Phi) is 2.52. The van der Waals surface area contributed by atoms with Crippen molar-refractivity contribution in [2.45, 2.75) is 45.2 Å². The first-order valence-electron chi connectivity index (χ1n) is 5.74. The Morgan fingerprint density at radius 3 is 2.57 bits per heavy atom. The van der Waals surface area contributed by atoms with Crippen molar-refractivity contribution in [2.75, 3.05) is 6.54 Å². The number of rotatable bonds is 2. The lowest BCUT2D eigenvalue weighted by Gasteiger charge is -2.56. The average molecular weight is 191 g/mol. The van der Waals surface area contributed by atoms with Crippen molar-refractivity contribution in [1.82, 2.24) is 4.90 Å². The summed E-state index contributed by atoms with van der Waals surface area (Å²) in [4.78, 5) is 2.64. The zero-order chi connectivity index (χ0) is 10.2. The van der Waals surface area contributed by atoms with Gasteiger partial charge in [-0.1, -0.05) is 24.3 Å². The topological polar surface area (TPSA) is 3.24 Å². The summed E-state index contributed by atoms with van der Waals surface area (Å²) in [7, 11) is 0. The van der Waals surface area contributed by atoms with Gasteiger partial charge >= 0.3 is 0 Å². The molecule has 14 heavy (non-hydrogen) atoms. The van der Waals surface area contributed by atoms with Crippen LogP contribution in [0.2, 0.25) is 0 Å². The zero-order valence-corrected chi connectivity index (χ0v) is 9.53. The van der Waals surface area contributed by atoms with Crippen LogP contribution in [0, 0.1) is 5.92 Å². The van der Waals surface area contributed by atoms with Crippen molar-refractivity contribution < 1.29 is 0 Å². The quantitative estimate of drug-likeness (QED) is 0.648. The predicted molar refractivity (Wildman–Crippen MR) is 61.3 cm³/mol. The van der Waals surface area contributed by atoms with E-state index in [4.69, 9.17) is 0 Å². The molecule has 0 spiro atoms. The molecule has 0 amide bonds. The van der Waals surface area contributed by atoms with Crippen molar-refractivity contribution in [1.29, 1.82) is 0 Å². The van der Waals surface area contributed by atoms with E-state index in [-0.39, 0.29) is 0 Å². The van der Waals surface area contributed by atoms with Crippen LogP contribution < -0.4 is 0 Å². The standard InChI is InChI=1S/C13H21N/c1-11(2)14-10-9-13(14,3)12-7-5-4-6-8-12/h4-7,11-12H,8-10H2,1-3H3. The Morgan fingerprint density at radius 1 is 1.36 bits per heavy atom. The summed E-state index contributed by atoms with van der Waals surface area (Å²) >= 11 is 0. The predicted octanol–water partition coefficient (Wildman–Crippen LogP) is 2.99. The molecule has 2 rings (SSSR count). The minimum absolute atomic E-state index is 0.426. The maximum atomic E-state index is 2.64. The van der Waals surface area contributed by atoms with Gasteiger partial charge < -0.3 is 0 Å². The molecular formula is C13H21N. The van der Waals surface area contributed by atoms with Crippen LogP contribution >= 0.6 is 0 Å². The van der Waals surface area contributed by atoms with Gasteiger partial charge in [0.1, 0.15) is 0 Å². The van der Waals surface area contributed by atoms with Crippen LogP contribution in [0.15, 0.2) is 24.3 Å².